The van der Waals surface area contributed by atoms with Gasteiger partial charge < -0.3 is 9.64 Å². The summed E-state index contributed by atoms with van der Waals surface area (Å²) in [6.45, 7) is 7.25. The number of aromatic nitrogens is 1. The number of Topliss-reactive ketones (excluding diaryl/α,β-unsaturated/α-hetero) is 1. The number of hydrogen-bond acceptors (Lipinski definition) is 4. The minimum Gasteiger partial charge on any atom is -0.480 e. The molecule has 0 saturated heterocycles. The molecule has 0 aliphatic rings. The summed E-state index contributed by atoms with van der Waals surface area (Å²) in [7, 11) is 1.67. The standard InChI is InChI=1S/C28H29F3N2O3/c1-6-25(34)27(3,4)36-23-9-7-8-20(16-23)26(35)33(5)17-21-12-15-24(32-18(21)2)19-10-13-22(14-11-19)28(29,30)31/h7-16H,6,17H2,1-5H3. The Kier molecular flexibility index (Phi) is 7.86. The summed E-state index contributed by atoms with van der Waals surface area (Å²) in [6.07, 6.45) is -4.04. The summed E-state index contributed by atoms with van der Waals surface area (Å²) in [4.78, 5) is 31.3. The van der Waals surface area contributed by atoms with Gasteiger partial charge in [-0.2, -0.15) is 13.2 Å². The van der Waals surface area contributed by atoms with Gasteiger partial charge in [-0.25, -0.2) is 0 Å². The van der Waals surface area contributed by atoms with E-state index in [0.717, 1.165) is 17.7 Å². The molecule has 36 heavy (non-hydrogen) atoms. The maximum Gasteiger partial charge on any atom is 0.416 e. The molecule has 5 nitrogen and oxygen atoms in total. The number of rotatable bonds is 8. The molecule has 190 valence electrons. The van der Waals surface area contributed by atoms with Crippen molar-refractivity contribution in [3.05, 3.63) is 83.0 Å². The molecule has 0 spiro atoms. The number of nitrogens with zero attached hydrogens (tertiary/aromatic N) is 2. The Hall–Kier alpha value is -3.68. The average Bonchev–Trinajstić information content (AvgIpc) is 2.83. The molecule has 3 aromatic rings. The summed E-state index contributed by atoms with van der Waals surface area (Å²) < 4.78 is 44.3. The van der Waals surface area contributed by atoms with Gasteiger partial charge in [-0.15, -0.1) is 0 Å². The predicted molar refractivity (Wildman–Crippen MR) is 132 cm³/mol. The van der Waals surface area contributed by atoms with Crippen LogP contribution in [-0.4, -0.2) is 34.2 Å². The molecule has 0 aliphatic carbocycles. The largest absolute Gasteiger partial charge is 0.480 e. The van der Waals surface area contributed by atoms with E-state index in [4.69, 9.17) is 4.74 Å². The van der Waals surface area contributed by atoms with Gasteiger partial charge in [0.1, 0.15) is 5.75 Å². The zero-order chi connectivity index (χ0) is 26.7. The van der Waals surface area contributed by atoms with Crippen LogP contribution < -0.4 is 4.74 Å². The number of pyridine rings is 1. The first-order chi connectivity index (χ1) is 16.8. The van der Waals surface area contributed by atoms with Crippen LogP contribution in [0.5, 0.6) is 5.75 Å². The van der Waals surface area contributed by atoms with E-state index >= 15 is 0 Å². The Balaban J connectivity index is 1.73. The lowest BCUT2D eigenvalue weighted by molar-refractivity contribution is -0.137. The molecule has 0 fully saturated rings. The van der Waals surface area contributed by atoms with Gasteiger partial charge in [0.25, 0.3) is 5.91 Å². The van der Waals surface area contributed by atoms with Crippen molar-refractivity contribution in [1.82, 2.24) is 9.88 Å². The Labute approximate surface area is 208 Å². The quantitative estimate of drug-likeness (QED) is 0.356. The highest BCUT2D eigenvalue weighted by Gasteiger charge is 2.30. The van der Waals surface area contributed by atoms with Crippen molar-refractivity contribution in [3.8, 4) is 17.0 Å². The van der Waals surface area contributed by atoms with Crippen molar-refractivity contribution in [3.63, 3.8) is 0 Å². The van der Waals surface area contributed by atoms with E-state index in [-0.39, 0.29) is 18.2 Å². The molecule has 0 saturated carbocycles. The maximum absolute atomic E-state index is 13.1. The molecule has 0 N–H and O–H groups in total. The second-order valence-electron chi connectivity index (χ2n) is 9.09. The highest BCUT2D eigenvalue weighted by molar-refractivity contribution is 5.94. The fourth-order valence-corrected chi connectivity index (χ4v) is 3.77. The summed E-state index contributed by atoms with van der Waals surface area (Å²) in [6, 6.07) is 15.1. The molecule has 1 heterocycles. The first-order valence-electron chi connectivity index (χ1n) is 11.5. The van der Waals surface area contributed by atoms with Crippen LogP contribution in [-0.2, 0) is 17.5 Å². The van der Waals surface area contributed by atoms with E-state index in [1.54, 1.807) is 70.0 Å². The number of alkyl halides is 3. The lowest BCUT2D eigenvalue weighted by Crippen LogP contribution is -2.37. The highest BCUT2D eigenvalue weighted by Crippen LogP contribution is 2.31. The third kappa shape index (κ3) is 6.30. The van der Waals surface area contributed by atoms with Crippen LogP contribution >= 0.6 is 0 Å². The van der Waals surface area contributed by atoms with Crippen molar-refractivity contribution in [2.45, 2.75) is 52.4 Å². The predicted octanol–water partition coefficient (Wildman–Crippen LogP) is 6.48. The van der Waals surface area contributed by atoms with Crippen LogP contribution in [0.1, 0.15) is 54.4 Å². The van der Waals surface area contributed by atoms with Crippen LogP contribution in [0, 0.1) is 6.92 Å². The lowest BCUT2D eigenvalue weighted by atomic mass is 10.0. The van der Waals surface area contributed by atoms with Crippen molar-refractivity contribution in [1.29, 1.82) is 0 Å². The monoisotopic (exact) mass is 498 g/mol. The van der Waals surface area contributed by atoms with E-state index < -0.39 is 17.3 Å². The second-order valence-corrected chi connectivity index (χ2v) is 9.09. The summed E-state index contributed by atoms with van der Waals surface area (Å²) in [5.74, 6) is 0.158. The zero-order valence-corrected chi connectivity index (χ0v) is 20.9. The lowest BCUT2D eigenvalue weighted by Gasteiger charge is -2.25. The number of amides is 1. The van der Waals surface area contributed by atoms with Gasteiger partial charge in [-0.3, -0.25) is 14.6 Å². The van der Waals surface area contributed by atoms with Crippen LogP contribution in [0.25, 0.3) is 11.3 Å². The van der Waals surface area contributed by atoms with Crippen LogP contribution in [0.4, 0.5) is 13.2 Å². The second kappa shape index (κ2) is 10.5. The molecule has 8 heteroatoms. The van der Waals surface area contributed by atoms with Crippen molar-refractivity contribution >= 4 is 11.7 Å². The van der Waals surface area contributed by atoms with E-state index in [9.17, 15) is 22.8 Å². The smallest absolute Gasteiger partial charge is 0.416 e. The number of aryl methyl sites for hydroxylation is 1. The Bertz CT molecular complexity index is 1250. The van der Waals surface area contributed by atoms with E-state index in [1.807, 2.05) is 6.07 Å². The maximum atomic E-state index is 13.1. The summed E-state index contributed by atoms with van der Waals surface area (Å²) >= 11 is 0. The minimum absolute atomic E-state index is 0.0425. The first-order valence-corrected chi connectivity index (χ1v) is 11.5. The number of hydrogen-bond donors (Lipinski definition) is 0. The normalized spacial score (nSPS) is 11.8. The van der Waals surface area contributed by atoms with Gasteiger partial charge in [0.15, 0.2) is 11.4 Å². The third-order valence-corrected chi connectivity index (χ3v) is 5.90. The van der Waals surface area contributed by atoms with Crippen LogP contribution in [0.2, 0.25) is 0 Å². The van der Waals surface area contributed by atoms with Gasteiger partial charge >= 0.3 is 6.18 Å². The number of benzene rings is 2. The molecule has 3 rings (SSSR count). The van der Waals surface area contributed by atoms with E-state index in [1.165, 1.54) is 12.1 Å². The SMILES string of the molecule is CCC(=O)C(C)(C)Oc1cccc(C(=O)N(C)Cc2ccc(-c3ccc(C(F)(F)F)cc3)nc2C)c1. The van der Waals surface area contributed by atoms with E-state index in [2.05, 4.69) is 4.98 Å². The topological polar surface area (TPSA) is 59.5 Å². The fraction of sp³-hybridized carbons (Fsp3) is 0.321. The first kappa shape index (κ1) is 26.9. The number of ether oxygens (including phenoxy) is 1. The van der Waals surface area contributed by atoms with Crippen LogP contribution in [0.15, 0.2) is 60.7 Å². The van der Waals surface area contributed by atoms with Gasteiger partial charge in [0, 0.05) is 36.8 Å². The third-order valence-electron chi connectivity index (χ3n) is 5.90. The van der Waals surface area contributed by atoms with Gasteiger partial charge in [-0.1, -0.05) is 31.2 Å². The summed E-state index contributed by atoms with van der Waals surface area (Å²) in [5.41, 5.74) is 1.31. The van der Waals surface area contributed by atoms with Crippen molar-refractivity contribution in [2.75, 3.05) is 7.05 Å². The van der Waals surface area contributed by atoms with E-state index in [0.29, 0.717) is 34.7 Å². The number of carbonyl (C=O) groups excluding carboxylic acids is 2. The van der Waals surface area contributed by atoms with Crippen LogP contribution in [0.3, 0.4) is 0 Å². The zero-order valence-electron chi connectivity index (χ0n) is 20.9. The fourth-order valence-electron chi connectivity index (χ4n) is 3.77. The molecule has 1 aromatic heterocycles. The molecule has 0 unspecified atom stereocenters. The Morgan fingerprint density at radius 1 is 1.00 bits per heavy atom. The number of halogens is 3. The van der Waals surface area contributed by atoms with Crippen molar-refractivity contribution in [2.24, 2.45) is 0 Å². The molecular weight excluding hydrogens is 469 g/mol. The van der Waals surface area contributed by atoms with Gasteiger partial charge in [0.05, 0.1) is 11.3 Å². The molecule has 0 aliphatic heterocycles. The molecule has 0 radical (unpaired) electrons. The minimum atomic E-state index is -4.39. The van der Waals surface area contributed by atoms with Gasteiger partial charge in [0.2, 0.25) is 0 Å². The molecule has 0 bridgehead atoms. The Morgan fingerprint density at radius 3 is 2.25 bits per heavy atom. The average molecular weight is 499 g/mol. The number of ketones is 1. The molecule has 0 atom stereocenters. The molecular formula is C28H29F3N2O3. The Morgan fingerprint density at radius 2 is 1.67 bits per heavy atom. The van der Waals surface area contributed by atoms with Gasteiger partial charge in [-0.05, 0) is 62.7 Å². The summed E-state index contributed by atoms with van der Waals surface area (Å²) in [5, 5.41) is 0. The molecule has 1 amide bonds. The molecule has 2 aromatic carbocycles. The highest BCUT2D eigenvalue weighted by atomic mass is 19.4. The van der Waals surface area contributed by atoms with Crippen molar-refractivity contribution < 1.29 is 27.5 Å². The number of carbonyl (C=O) groups is 2.